The van der Waals surface area contributed by atoms with E-state index in [9.17, 15) is 0 Å². The van der Waals surface area contributed by atoms with Crippen molar-refractivity contribution in [3.05, 3.63) is 35.9 Å². The molecule has 1 aromatic rings. The Morgan fingerprint density at radius 1 is 1.59 bits per heavy atom. The van der Waals surface area contributed by atoms with Crippen molar-refractivity contribution in [1.82, 2.24) is 5.32 Å². The average Bonchev–Trinajstić information content (AvgIpc) is 2.49. The molecule has 3 heteroatoms. The Morgan fingerprint density at radius 2 is 2.41 bits per heavy atom. The number of rotatable bonds is 3. The third-order valence-electron chi connectivity index (χ3n) is 3.18. The molecular formula is C14H18BNO. The Kier molecular flexibility index (Phi) is 3.90. The molecule has 1 N–H and O–H groups in total. The van der Waals surface area contributed by atoms with Crippen LogP contribution in [0.4, 0.5) is 0 Å². The fourth-order valence-electron chi connectivity index (χ4n) is 2.26. The number of hydrogen-bond acceptors (Lipinski definition) is 2. The van der Waals surface area contributed by atoms with Gasteiger partial charge in [-0.3, -0.25) is 0 Å². The van der Waals surface area contributed by atoms with E-state index < -0.39 is 0 Å². The van der Waals surface area contributed by atoms with Crippen LogP contribution in [-0.4, -0.2) is 27.5 Å². The third-order valence-corrected chi connectivity index (χ3v) is 3.18. The van der Waals surface area contributed by atoms with Gasteiger partial charge in [0.05, 0.1) is 0 Å². The van der Waals surface area contributed by atoms with Crippen LogP contribution in [0.15, 0.2) is 24.8 Å². The molecule has 1 aliphatic heterocycles. The number of benzene rings is 1. The van der Waals surface area contributed by atoms with Gasteiger partial charge in [0.1, 0.15) is 20.2 Å². The number of nitrogens with one attached hydrogen (secondary N) is 1. The highest BCUT2D eigenvalue weighted by atomic mass is 16.5. The van der Waals surface area contributed by atoms with Gasteiger partial charge in [-0.2, -0.15) is 0 Å². The Morgan fingerprint density at radius 3 is 3.18 bits per heavy atom. The number of fused-ring (bicyclic) bond motifs is 1. The third kappa shape index (κ3) is 2.72. The minimum absolute atomic E-state index is 0.497. The standard InChI is InChI=1S/C14H18BNO/c1-3-6-17-14-7-11-4-5-16-9-10(2)12(11)8-13(14)15/h3,7-8,10,16H,1,4-6,9H2,2H3. The average molecular weight is 227 g/mol. The lowest BCUT2D eigenvalue weighted by Gasteiger charge is -2.16. The van der Waals surface area contributed by atoms with Crippen molar-refractivity contribution in [3.8, 4) is 5.75 Å². The van der Waals surface area contributed by atoms with E-state index in [1.807, 2.05) is 0 Å². The molecule has 2 rings (SSSR count). The highest BCUT2D eigenvalue weighted by Crippen LogP contribution is 2.24. The van der Waals surface area contributed by atoms with Gasteiger partial charge in [0, 0.05) is 6.54 Å². The maximum Gasteiger partial charge on any atom is 0.119 e. The molecule has 2 radical (unpaired) electrons. The van der Waals surface area contributed by atoms with Crippen molar-refractivity contribution in [2.24, 2.45) is 0 Å². The summed E-state index contributed by atoms with van der Waals surface area (Å²) < 4.78 is 5.56. The van der Waals surface area contributed by atoms with E-state index in [1.54, 1.807) is 6.08 Å². The summed E-state index contributed by atoms with van der Waals surface area (Å²) in [6.07, 6.45) is 2.76. The molecule has 88 valence electrons. The molecule has 1 unspecified atom stereocenters. The van der Waals surface area contributed by atoms with Crippen LogP contribution in [0.3, 0.4) is 0 Å². The molecule has 0 fully saturated rings. The van der Waals surface area contributed by atoms with Crippen molar-refractivity contribution in [1.29, 1.82) is 0 Å². The van der Waals surface area contributed by atoms with Crippen LogP contribution in [-0.2, 0) is 6.42 Å². The lowest BCUT2D eigenvalue weighted by Crippen LogP contribution is -2.18. The maximum atomic E-state index is 6.02. The molecule has 1 aromatic carbocycles. The Balaban J connectivity index is 2.33. The summed E-state index contributed by atoms with van der Waals surface area (Å²) in [5.74, 6) is 1.28. The Labute approximate surface area is 104 Å². The highest BCUT2D eigenvalue weighted by Gasteiger charge is 2.16. The first-order valence-corrected chi connectivity index (χ1v) is 6.09. The van der Waals surface area contributed by atoms with Gasteiger partial charge in [-0.25, -0.2) is 0 Å². The molecule has 1 atom stereocenters. The molecule has 1 heterocycles. The first-order chi connectivity index (χ1) is 8.22. The summed E-state index contributed by atoms with van der Waals surface area (Å²) in [4.78, 5) is 0. The predicted octanol–water partition coefficient (Wildman–Crippen LogP) is 1.29. The molecule has 2 nitrogen and oxygen atoms in total. The quantitative estimate of drug-likeness (QED) is 0.620. The first-order valence-electron chi connectivity index (χ1n) is 6.09. The van der Waals surface area contributed by atoms with Crippen molar-refractivity contribution in [2.75, 3.05) is 19.7 Å². The monoisotopic (exact) mass is 227 g/mol. The fourth-order valence-corrected chi connectivity index (χ4v) is 2.26. The van der Waals surface area contributed by atoms with E-state index in [2.05, 4.69) is 31.0 Å². The van der Waals surface area contributed by atoms with Crippen LogP contribution in [0.25, 0.3) is 0 Å². The van der Waals surface area contributed by atoms with E-state index >= 15 is 0 Å². The molecule has 0 saturated carbocycles. The van der Waals surface area contributed by atoms with Gasteiger partial charge in [0.15, 0.2) is 0 Å². The summed E-state index contributed by atoms with van der Waals surface area (Å²) >= 11 is 0. The lowest BCUT2D eigenvalue weighted by atomic mass is 9.86. The maximum absolute atomic E-state index is 6.02. The van der Waals surface area contributed by atoms with Gasteiger partial charge in [0.2, 0.25) is 0 Å². The SMILES string of the molecule is [B]c1cc2c(cc1OCC=C)CCNCC2C. The topological polar surface area (TPSA) is 21.3 Å². The normalized spacial score (nSPS) is 19.2. The van der Waals surface area contributed by atoms with Crippen molar-refractivity contribution in [2.45, 2.75) is 19.3 Å². The molecule has 0 aliphatic carbocycles. The van der Waals surface area contributed by atoms with Gasteiger partial charge in [-0.05, 0) is 36.1 Å². The van der Waals surface area contributed by atoms with Crippen LogP contribution >= 0.6 is 0 Å². The molecule has 17 heavy (non-hydrogen) atoms. The molecular weight excluding hydrogens is 209 g/mol. The molecule has 1 aliphatic rings. The fraction of sp³-hybridized carbons (Fsp3) is 0.429. The Bertz CT molecular complexity index is 417. The zero-order chi connectivity index (χ0) is 12.3. The second-order valence-electron chi connectivity index (χ2n) is 4.54. The Hall–Kier alpha value is -1.22. The summed E-state index contributed by atoms with van der Waals surface area (Å²) in [7, 11) is 6.02. The first kappa shape index (κ1) is 12.2. The van der Waals surface area contributed by atoms with Crippen molar-refractivity contribution >= 4 is 13.3 Å². The highest BCUT2D eigenvalue weighted by molar-refractivity contribution is 6.34. The predicted molar refractivity (Wildman–Crippen MR) is 72.5 cm³/mol. The van der Waals surface area contributed by atoms with Crippen LogP contribution in [0.5, 0.6) is 5.75 Å². The van der Waals surface area contributed by atoms with E-state index in [4.69, 9.17) is 12.6 Å². The second-order valence-corrected chi connectivity index (χ2v) is 4.54. The van der Waals surface area contributed by atoms with Gasteiger partial charge in [-0.15, -0.1) is 0 Å². The van der Waals surface area contributed by atoms with E-state index in [0.717, 1.165) is 30.7 Å². The van der Waals surface area contributed by atoms with Crippen molar-refractivity contribution < 1.29 is 4.74 Å². The van der Waals surface area contributed by atoms with Crippen LogP contribution in [0.2, 0.25) is 0 Å². The minimum Gasteiger partial charge on any atom is -0.490 e. The van der Waals surface area contributed by atoms with Gasteiger partial charge in [0.25, 0.3) is 0 Å². The molecule has 0 spiro atoms. The summed E-state index contributed by atoms with van der Waals surface area (Å²) in [6, 6.07) is 4.14. The van der Waals surface area contributed by atoms with Gasteiger partial charge in [-0.1, -0.05) is 31.1 Å². The number of hydrogen-bond donors (Lipinski definition) is 1. The zero-order valence-corrected chi connectivity index (χ0v) is 10.3. The lowest BCUT2D eigenvalue weighted by molar-refractivity contribution is 0.365. The summed E-state index contributed by atoms with van der Waals surface area (Å²) in [6.45, 7) is 8.39. The number of ether oxygens (including phenoxy) is 1. The smallest absolute Gasteiger partial charge is 0.119 e. The minimum atomic E-state index is 0.497. The molecule has 0 saturated heterocycles. The molecule has 0 bridgehead atoms. The zero-order valence-electron chi connectivity index (χ0n) is 10.3. The van der Waals surface area contributed by atoms with Crippen LogP contribution in [0, 0.1) is 0 Å². The van der Waals surface area contributed by atoms with Crippen molar-refractivity contribution in [3.63, 3.8) is 0 Å². The van der Waals surface area contributed by atoms with Gasteiger partial charge < -0.3 is 10.1 Å². The van der Waals surface area contributed by atoms with Crippen LogP contribution < -0.4 is 15.5 Å². The second kappa shape index (κ2) is 5.41. The van der Waals surface area contributed by atoms with Gasteiger partial charge >= 0.3 is 0 Å². The summed E-state index contributed by atoms with van der Waals surface area (Å²) in [5, 5.41) is 3.43. The van der Waals surface area contributed by atoms with E-state index in [-0.39, 0.29) is 0 Å². The molecule has 0 amide bonds. The van der Waals surface area contributed by atoms with Crippen LogP contribution in [0.1, 0.15) is 24.0 Å². The van der Waals surface area contributed by atoms with E-state index in [0.29, 0.717) is 12.5 Å². The molecule has 0 aromatic heterocycles. The van der Waals surface area contributed by atoms with E-state index in [1.165, 1.54) is 11.1 Å². The largest absolute Gasteiger partial charge is 0.490 e. The summed E-state index contributed by atoms with van der Waals surface area (Å²) in [5.41, 5.74) is 3.41.